The molecule has 0 unspecified atom stereocenters. The minimum Gasteiger partial charge on any atom is -0.351 e. The molecule has 0 spiro atoms. The lowest BCUT2D eigenvalue weighted by atomic mass is 10.1. The van der Waals surface area contributed by atoms with Crippen LogP contribution in [0.1, 0.15) is 11.1 Å². The Bertz CT molecular complexity index is 400. The zero-order chi connectivity index (χ0) is 11.4. The lowest BCUT2D eigenvalue weighted by Gasteiger charge is -2.07. The van der Waals surface area contributed by atoms with Gasteiger partial charge in [0.25, 0.3) is 0 Å². The maximum atomic E-state index is 11.3. The van der Waals surface area contributed by atoms with Gasteiger partial charge in [0, 0.05) is 12.7 Å². The summed E-state index contributed by atoms with van der Waals surface area (Å²) in [5.74, 6) is -1.29. The van der Waals surface area contributed by atoms with E-state index < -0.39 is 11.8 Å². The van der Waals surface area contributed by atoms with E-state index in [1.54, 1.807) is 6.07 Å². The molecule has 0 radical (unpaired) electrons. The van der Waals surface area contributed by atoms with Crippen molar-refractivity contribution in [2.24, 2.45) is 0 Å². The molecule has 0 fully saturated rings. The lowest BCUT2D eigenvalue weighted by molar-refractivity contribution is -0.135. The first kappa shape index (κ1) is 11.2. The van der Waals surface area contributed by atoms with Crippen molar-refractivity contribution in [2.45, 2.75) is 13.8 Å². The number of likely N-dealkylation sites (N-methyl/N-ethyl adjacent to an activating group) is 1. The van der Waals surface area contributed by atoms with Crippen molar-refractivity contribution in [2.75, 3.05) is 12.4 Å². The third-order valence-electron chi connectivity index (χ3n) is 2.06. The van der Waals surface area contributed by atoms with Crippen LogP contribution in [-0.2, 0) is 9.59 Å². The average Bonchev–Trinajstić information content (AvgIpc) is 2.20. The topological polar surface area (TPSA) is 58.2 Å². The van der Waals surface area contributed by atoms with E-state index in [4.69, 9.17) is 0 Å². The van der Waals surface area contributed by atoms with Gasteiger partial charge < -0.3 is 10.6 Å². The van der Waals surface area contributed by atoms with Crippen molar-refractivity contribution in [3.8, 4) is 0 Å². The molecule has 0 atom stereocenters. The summed E-state index contributed by atoms with van der Waals surface area (Å²) in [6.07, 6.45) is 0. The third kappa shape index (κ3) is 2.80. The van der Waals surface area contributed by atoms with Gasteiger partial charge in [-0.05, 0) is 25.5 Å². The van der Waals surface area contributed by atoms with E-state index >= 15 is 0 Å². The highest BCUT2D eigenvalue weighted by Gasteiger charge is 2.11. The minimum absolute atomic E-state index is 0.644. The van der Waals surface area contributed by atoms with Crippen LogP contribution in [0.4, 0.5) is 5.69 Å². The highest BCUT2D eigenvalue weighted by molar-refractivity contribution is 6.39. The van der Waals surface area contributed by atoms with Crippen LogP contribution in [0.5, 0.6) is 0 Å². The number of carbonyl (C=O) groups excluding carboxylic acids is 2. The molecule has 1 aromatic rings. The number of rotatable bonds is 1. The number of anilines is 1. The summed E-state index contributed by atoms with van der Waals surface area (Å²) < 4.78 is 0. The van der Waals surface area contributed by atoms with Crippen LogP contribution >= 0.6 is 0 Å². The molecule has 4 nitrogen and oxygen atoms in total. The van der Waals surface area contributed by atoms with Gasteiger partial charge in [-0.25, -0.2) is 0 Å². The maximum absolute atomic E-state index is 11.3. The molecular formula is C11H14N2O2. The fourth-order valence-corrected chi connectivity index (χ4v) is 1.25. The number of hydrogen-bond acceptors (Lipinski definition) is 2. The van der Waals surface area contributed by atoms with Gasteiger partial charge in [0.05, 0.1) is 0 Å². The van der Waals surface area contributed by atoms with Crippen molar-refractivity contribution in [1.82, 2.24) is 5.32 Å². The monoisotopic (exact) mass is 206 g/mol. The smallest absolute Gasteiger partial charge is 0.313 e. The molecular weight excluding hydrogens is 192 g/mol. The van der Waals surface area contributed by atoms with Gasteiger partial charge in [0.2, 0.25) is 0 Å². The van der Waals surface area contributed by atoms with Gasteiger partial charge in [0.1, 0.15) is 0 Å². The molecule has 0 aliphatic carbocycles. The summed E-state index contributed by atoms with van der Waals surface area (Å²) >= 11 is 0. The van der Waals surface area contributed by atoms with Crippen LogP contribution < -0.4 is 10.6 Å². The first-order chi connectivity index (χ1) is 7.04. The Kier molecular flexibility index (Phi) is 3.44. The zero-order valence-electron chi connectivity index (χ0n) is 9.05. The van der Waals surface area contributed by atoms with Crippen molar-refractivity contribution in [1.29, 1.82) is 0 Å². The first-order valence-electron chi connectivity index (χ1n) is 4.65. The summed E-state index contributed by atoms with van der Waals surface area (Å²) in [7, 11) is 1.42. The molecule has 0 aliphatic rings. The van der Waals surface area contributed by atoms with E-state index in [0.717, 1.165) is 11.1 Å². The van der Waals surface area contributed by atoms with Gasteiger partial charge in [0.15, 0.2) is 0 Å². The Morgan fingerprint density at radius 2 is 1.80 bits per heavy atom. The van der Waals surface area contributed by atoms with Crippen molar-refractivity contribution in [3.63, 3.8) is 0 Å². The van der Waals surface area contributed by atoms with Crippen LogP contribution in [0.3, 0.4) is 0 Å². The third-order valence-corrected chi connectivity index (χ3v) is 2.06. The maximum Gasteiger partial charge on any atom is 0.313 e. The predicted octanol–water partition coefficient (Wildman–Crippen LogP) is 0.988. The number of benzene rings is 1. The summed E-state index contributed by atoms with van der Waals surface area (Å²) in [5, 5.41) is 4.80. The molecule has 2 amide bonds. The Morgan fingerprint density at radius 1 is 1.13 bits per heavy atom. The SMILES string of the molecule is CNC(=O)C(=O)Nc1ccc(C)cc1C. The second kappa shape index (κ2) is 4.59. The van der Waals surface area contributed by atoms with Crippen LogP contribution in [0.15, 0.2) is 18.2 Å². The number of hydrogen-bond donors (Lipinski definition) is 2. The summed E-state index contributed by atoms with van der Waals surface area (Å²) in [6.45, 7) is 3.85. The highest BCUT2D eigenvalue weighted by atomic mass is 16.2. The summed E-state index contributed by atoms with van der Waals surface area (Å²) in [5.41, 5.74) is 2.71. The van der Waals surface area contributed by atoms with Gasteiger partial charge >= 0.3 is 11.8 Å². The Balaban J connectivity index is 2.81. The van der Waals surface area contributed by atoms with Crippen LogP contribution in [0, 0.1) is 13.8 Å². The van der Waals surface area contributed by atoms with E-state index in [1.165, 1.54) is 7.05 Å². The fourth-order valence-electron chi connectivity index (χ4n) is 1.25. The number of aryl methyl sites for hydroxylation is 2. The molecule has 4 heteroatoms. The van der Waals surface area contributed by atoms with E-state index in [9.17, 15) is 9.59 Å². The normalized spacial score (nSPS) is 9.53. The van der Waals surface area contributed by atoms with Crippen molar-refractivity contribution < 1.29 is 9.59 Å². The Hall–Kier alpha value is -1.84. The number of nitrogens with one attached hydrogen (secondary N) is 2. The number of carbonyl (C=O) groups is 2. The molecule has 0 bridgehead atoms. The van der Waals surface area contributed by atoms with E-state index in [0.29, 0.717) is 5.69 Å². The Labute approximate surface area is 88.7 Å². The molecule has 0 aromatic heterocycles. The van der Waals surface area contributed by atoms with E-state index in [-0.39, 0.29) is 0 Å². The molecule has 0 saturated heterocycles. The van der Waals surface area contributed by atoms with Crippen molar-refractivity contribution >= 4 is 17.5 Å². The molecule has 1 rings (SSSR count). The van der Waals surface area contributed by atoms with Crippen LogP contribution in [-0.4, -0.2) is 18.9 Å². The largest absolute Gasteiger partial charge is 0.351 e. The molecule has 1 aromatic carbocycles. The lowest BCUT2D eigenvalue weighted by Crippen LogP contribution is -2.32. The van der Waals surface area contributed by atoms with Crippen LogP contribution in [0.2, 0.25) is 0 Å². The van der Waals surface area contributed by atoms with Gasteiger partial charge in [-0.15, -0.1) is 0 Å². The Morgan fingerprint density at radius 3 is 2.33 bits per heavy atom. The van der Waals surface area contributed by atoms with Gasteiger partial charge in [-0.2, -0.15) is 0 Å². The molecule has 0 aliphatic heterocycles. The molecule has 2 N–H and O–H groups in total. The summed E-state index contributed by atoms with van der Waals surface area (Å²) in [6, 6.07) is 5.61. The molecule has 80 valence electrons. The average molecular weight is 206 g/mol. The van der Waals surface area contributed by atoms with Crippen molar-refractivity contribution in [3.05, 3.63) is 29.3 Å². The number of amides is 2. The second-order valence-electron chi connectivity index (χ2n) is 3.35. The van der Waals surface area contributed by atoms with E-state index in [1.807, 2.05) is 26.0 Å². The molecule has 0 saturated carbocycles. The zero-order valence-corrected chi connectivity index (χ0v) is 9.05. The van der Waals surface area contributed by atoms with Crippen LogP contribution in [0.25, 0.3) is 0 Å². The summed E-state index contributed by atoms with van der Waals surface area (Å²) in [4.78, 5) is 22.2. The first-order valence-corrected chi connectivity index (χ1v) is 4.65. The van der Waals surface area contributed by atoms with E-state index in [2.05, 4.69) is 10.6 Å². The minimum atomic E-state index is -0.649. The fraction of sp³-hybridized carbons (Fsp3) is 0.273. The van der Waals surface area contributed by atoms with Gasteiger partial charge in [-0.3, -0.25) is 9.59 Å². The standard InChI is InChI=1S/C11H14N2O2/c1-7-4-5-9(8(2)6-7)13-11(15)10(14)12-3/h4-6H,1-3H3,(H,12,14)(H,13,15). The molecule has 15 heavy (non-hydrogen) atoms. The van der Waals surface area contributed by atoms with Gasteiger partial charge in [-0.1, -0.05) is 17.7 Å². The highest BCUT2D eigenvalue weighted by Crippen LogP contribution is 2.15. The molecule has 0 heterocycles. The quantitative estimate of drug-likeness (QED) is 0.673. The predicted molar refractivity (Wildman–Crippen MR) is 58.6 cm³/mol. The second-order valence-corrected chi connectivity index (χ2v) is 3.35.